The van der Waals surface area contributed by atoms with Crippen LogP contribution in [0, 0.1) is 0 Å². The van der Waals surface area contributed by atoms with Crippen LogP contribution < -0.4 is 10.6 Å². The molecule has 8 nitrogen and oxygen atoms in total. The molecule has 0 aromatic rings. The number of carbonyl (C=O) groups excluding carboxylic acids is 4. The van der Waals surface area contributed by atoms with Crippen LogP contribution in [0.2, 0.25) is 0 Å². The molecule has 1 unspecified atom stereocenters. The van der Waals surface area contributed by atoms with Crippen molar-refractivity contribution in [2.45, 2.75) is 13.0 Å². The minimum absolute atomic E-state index is 0.0892. The van der Waals surface area contributed by atoms with Gasteiger partial charge in [-0.05, 0) is 6.92 Å². The van der Waals surface area contributed by atoms with E-state index in [-0.39, 0.29) is 55.8 Å². The fourth-order valence-corrected chi connectivity index (χ4v) is 2.29. The predicted molar refractivity (Wildman–Crippen MR) is 75.5 cm³/mol. The fraction of sp³-hybridized carbons (Fsp3) is 0.636. The Kier molecular flexibility index (Phi) is 8.49. The van der Waals surface area contributed by atoms with Gasteiger partial charge in [-0.25, -0.2) is 0 Å². The van der Waals surface area contributed by atoms with Crippen molar-refractivity contribution in [2.24, 2.45) is 0 Å². The SMILES string of the molecule is CC(CN1CC(=O)NC(=O)C1)N1CC(=O)NC(=O)C1.[Cl][Pt][Cl]. The van der Waals surface area contributed by atoms with Gasteiger partial charge in [0, 0.05) is 12.6 Å². The molecule has 22 heavy (non-hydrogen) atoms. The maximum absolute atomic E-state index is 11.3. The van der Waals surface area contributed by atoms with Crippen LogP contribution >= 0.6 is 18.8 Å². The summed E-state index contributed by atoms with van der Waals surface area (Å²) in [6, 6.07) is -0.0892. The Labute approximate surface area is 144 Å². The van der Waals surface area contributed by atoms with Crippen LogP contribution in [0.15, 0.2) is 0 Å². The van der Waals surface area contributed by atoms with E-state index in [1.54, 1.807) is 9.80 Å². The van der Waals surface area contributed by atoms with Gasteiger partial charge in [0.1, 0.15) is 0 Å². The standard InChI is InChI=1S/C11H16N4O4.2ClH.Pt/c1-7(15-5-10(18)13-11(19)6-15)2-14-3-8(16)12-9(17)4-14;;;/h7H,2-6H2,1H3,(H,12,16,17)(H,13,18,19);2*1H;/q;;;+2/p-2. The first-order valence-electron chi connectivity index (χ1n) is 6.29. The Morgan fingerprint density at radius 3 is 1.73 bits per heavy atom. The summed E-state index contributed by atoms with van der Waals surface area (Å²) in [6.45, 7) is 2.94. The monoisotopic (exact) mass is 533 g/mol. The van der Waals surface area contributed by atoms with Crippen LogP contribution in [0.3, 0.4) is 0 Å². The summed E-state index contributed by atoms with van der Waals surface area (Å²) in [4.78, 5) is 48.5. The second-order valence-corrected chi connectivity index (χ2v) is 8.19. The third-order valence-electron chi connectivity index (χ3n) is 3.13. The summed E-state index contributed by atoms with van der Waals surface area (Å²) in [5.74, 6) is -1.29. The molecule has 0 saturated carbocycles. The number of amides is 4. The van der Waals surface area contributed by atoms with Crippen LogP contribution in [0.1, 0.15) is 6.92 Å². The number of nitrogens with zero attached hydrogens (tertiary/aromatic N) is 2. The zero-order chi connectivity index (χ0) is 16.7. The Hall–Kier alpha value is -0.532. The third-order valence-corrected chi connectivity index (χ3v) is 3.13. The van der Waals surface area contributed by atoms with E-state index < -0.39 is 16.5 Å². The molecule has 1 atom stereocenters. The van der Waals surface area contributed by atoms with Crippen molar-refractivity contribution in [1.29, 1.82) is 0 Å². The van der Waals surface area contributed by atoms with Crippen LogP contribution in [-0.2, 0) is 35.7 Å². The van der Waals surface area contributed by atoms with E-state index in [1.807, 2.05) is 6.92 Å². The molecule has 0 radical (unpaired) electrons. The number of nitrogens with one attached hydrogen (secondary N) is 2. The molecule has 0 aromatic carbocycles. The molecule has 11 heteroatoms. The quantitative estimate of drug-likeness (QED) is 0.436. The molecule has 2 rings (SSSR count). The van der Waals surface area contributed by atoms with E-state index in [1.165, 1.54) is 0 Å². The molecular weight excluding hydrogens is 518 g/mol. The second-order valence-electron chi connectivity index (χ2n) is 4.91. The molecule has 0 aliphatic carbocycles. The Morgan fingerprint density at radius 1 is 0.955 bits per heavy atom. The number of hydrogen-bond donors (Lipinski definition) is 2. The van der Waals surface area contributed by atoms with E-state index in [4.69, 9.17) is 18.8 Å². The number of hydrogen-bond acceptors (Lipinski definition) is 6. The molecule has 128 valence electrons. The van der Waals surface area contributed by atoms with Gasteiger partial charge in [-0.1, -0.05) is 0 Å². The molecule has 0 bridgehead atoms. The van der Waals surface area contributed by atoms with Gasteiger partial charge in [0.2, 0.25) is 23.6 Å². The van der Waals surface area contributed by atoms with Gasteiger partial charge in [-0.15, -0.1) is 0 Å². The summed E-state index contributed by atoms with van der Waals surface area (Å²) in [6.07, 6.45) is 0. The van der Waals surface area contributed by atoms with E-state index in [0.717, 1.165) is 0 Å². The topological polar surface area (TPSA) is 98.8 Å². The van der Waals surface area contributed by atoms with Crippen LogP contribution in [0.5, 0.6) is 0 Å². The van der Waals surface area contributed by atoms with E-state index >= 15 is 0 Å². The van der Waals surface area contributed by atoms with E-state index in [0.29, 0.717) is 6.54 Å². The number of piperazine rings is 2. The normalized spacial score (nSPS) is 21.8. The van der Waals surface area contributed by atoms with E-state index in [2.05, 4.69) is 10.6 Å². The molecule has 2 saturated heterocycles. The van der Waals surface area contributed by atoms with Crippen LogP contribution in [0.25, 0.3) is 0 Å². The molecule has 2 heterocycles. The van der Waals surface area contributed by atoms with Crippen molar-refractivity contribution in [3.63, 3.8) is 0 Å². The minimum atomic E-state index is -0.472. The van der Waals surface area contributed by atoms with Gasteiger partial charge < -0.3 is 0 Å². The molecular formula is C11H16Cl2N4O4Pt. The summed E-state index contributed by atoms with van der Waals surface area (Å²) in [7, 11) is 9.75. The second kappa shape index (κ2) is 9.57. The van der Waals surface area contributed by atoms with Crippen molar-refractivity contribution >= 4 is 42.5 Å². The van der Waals surface area contributed by atoms with Crippen molar-refractivity contribution in [1.82, 2.24) is 20.4 Å². The van der Waals surface area contributed by atoms with Crippen molar-refractivity contribution in [3.8, 4) is 0 Å². The summed E-state index contributed by atoms with van der Waals surface area (Å²) >= 11 is -0.472. The molecule has 0 spiro atoms. The summed E-state index contributed by atoms with van der Waals surface area (Å²) in [5, 5.41) is 4.46. The Bertz CT molecular complexity index is 433. The summed E-state index contributed by atoms with van der Waals surface area (Å²) < 4.78 is 0. The van der Waals surface area contributed by atoms with Crippen LogP contribution in [0.4, 0.5) is 0 Å². The molecule has 2 aliphatic heterocycles. The number of imide groups is 2. The van der Waals surface area contributed by atoms with Crippen molar-refractivity contribution in [3.05, 3.63) is 0 Å². The third kappa shape index (κ3) is 6.71. The molecule has 2 aliphatic rings. The Morgan fingerprint density at radius 2 is 1.32 bits per heavy atom. The zero-order valence-electron chi connectivity index (χ0n) is 11.7. The number of halogens is 2. The zero-order valence-corrected chi connectivity index (χ0v) is 15.5. The van der Waals surface area contributed by atoms with Crippen molar-refractivity contribution in [2.75, 3.05) is 32.7 Å². The van der Waals surface area contributed by atoms with Gasteiger partial charge >= 0.3 is 35.3 Å². The fourth-order valence-electron chi connectivity index (χ4n) is 2.29. The molecule has 4 amide bonds. The van der Waals surface area contributed by atoms with Crippen molar-refractivity contribution < 1.29 is 35.7 Å². The average molecular weight is 534 g/mol. The predicted octanol–water partition coefficient (Wildman–Crippen LogP) is -1.33. The van der Waals surface area contributed by atoms with Gasteiger partial charge in [-0.2, -0.15) is 0 Å². The van der Waals surface area contributed by atoms with Crippen LogP contribution in [-0.4, -0.2) is 72.2 Å². The van der Waals surface area contributed by atoms with Gasteiger partial charge in [0.15, 0.2) is 0 Å². The van der Waals surface area contributed by atoms with E-state index in [9.17, 15) is 19.2 Å². The first-order valence-corrected chi connectivity index (χ1v) is 11.9. The molecule has 2 fully saturated rings. The first-order chi connectivity index (χ1) is 10.3. The maximum atomic E-state index is 11.3. The van der Waals surface area contributed by atoms with Gasteiger partial charge in [-0.3, -0.25) is 39.6 Å². The first kappa shape index (κ1) is 19.5. The number of carbonyl (C=O) groups is 4. The summed E-state index contributed by atoms with van der Waals surface area (Å²) in [5.41, 5.74) is 0. The Balaban J connectivity index is 0.000000745. The molecule has 0 aromatic heterocycles. The molecule has 2 N–H and O–H groups in total. The van der Waals surface area contributed by atoms with Gasteiger partial charge in [0.05, 0.1) is 26.2 Å². The van der Waals surface area contributed by atoms with Gasteiger partial charge in [0.25, 0.3) is 0 Å². The number of rotatable bonds is 3. The average Bonchev–Trinajstić information content (AvgIpc) is 2.37.